The molecule has 140 valence electrons. The molecule has 0 N–H and O–H groups in total. The van der Waals surface area contributed by atoms with Crippen LogP contribution in [0.5, 0.6) is 5.75 Å². The van der Waals surface area contributed by atoms with Crippen molar-refractivity contribution in [3.05, 3.63) is 105 Å². The standard InChI is InChI=1S/C21H16N2O5/c24-20-9-19(12-22-10-16-5-1-2-6-17(16)11-22)27-14-21(20)28-13-15-4-3-7-18(8-15)23(25)26/h1-11,14H,12-13H2. The zero-order valence-corrected chi connectivity index (χ0v) is 14.8. The normalized spacial score (nSPS) is 10.9. The van der Waals surface area contributed by atoms with Gasteiger partial charge in [-0.1, -0.05) is 36.4 Å². The van der Waals surface area contributed by atoms with Gasteiger partial charge >= 0.3 is 0 Å². The summed E-state index contributed by atoms with van der Waals surface area (Å²) < 4.78 is 13.0. The van der Waals surface area contributed by atoms with E-state index < -0.39 is 4.92 Å². The van der Waals surface area contributed by atoms with Crippen LogP contribution in [0.3, 0.4) is 0 Å². The first kappa shape index (κ1) is 17.5. The average molecular weight is 376 g/mol. The molecule has 4 rings (SSSR count). The predicted molar refractivity (Wildman–Crippen MR) is 103 cm³/mol. The Kier molecular flexibility index (Phi) is 4.63. The molecule has 0 aliphatic rings. The van der Waals surface area contributed by atoms with Crippen molar-refractivity contribution in [1.29, 1.82) is 0 Å². The highest BCUT2D eigenvalue weighted by molar-refractivity contribution is 5.82. The van der Waals surface area contributed by atoms with E-state index in [1.165, 1.54) is 24.5 Å². The minimum Gasteiger partial charge on any atom is -0.482 e. The molecule has 28 heavy (non-hydrogen) atoms. The van der Waals surface area contributed by atoms with Crippen LogP contribution in [0.2, 0.25) is 0 Å². The molecule has 0 aliphatic heterocycles. The molecule has 0 amide bonds. The number of benzene rings is 2. The Balaban J connectivity index is 1.46. The van der Waals surface area contributed by atoms with E-state index in [0.717, 1.165) is 10.8 Å². The SMILES string of the molecule is O=c1cc(Cn2cc3ccccc3c2)occ1OCc1cccc([N+](=O)[O-])c1. The Bertz CT molecular complexity index is 1180. The number of fused-ring (bicyclic) bond motifs is 1. The average Bonchev–Trinajstić information content (AvgIpc) is 3.10. The van der Waals surface area contributed by atoms with Crippen LogP contribution in [0.15, 0.2) is 82.5 Å². The van der Waals surface area contributed by atoms with Gasteiger partial charge in [-0.25, -0.2) is 0 Å². The number of ether oxygens (including phenoxy) is 1. The molecule has 7 heteroatoms. The molecule has 0 spiro atoms. The van der Waals surface area contributed by atoms with E-state index in [1.807, 2.05) is 41.2 Å². The third kappa shape index (κ3) is 3.78. The van der Waals surface area contributed by atoms with Crippen molar-refractivity contribution in [3.8, 4) is 5.75 Å². The molecule has 2 heterocycles. The van der Waals surface area contributed by atoms with E-state index in [4.69, 9.17) is 9.15 Å². The van der Waals surface area contributed by atoms with Crippen molar-refractivity contribution >= 4 is 16.5 Å². The number of hydrogen-bond donors (Lipinski definition) is 0. The first-order valence-corrected chi connectivity index (χ1v) is 8.61. The van der Waals surface area contributed by atoms with Gasteiger partial charge in [-0.3, -0.25) is 14.9 Å². The third-order valence-electron chi connectivity index (χ3n) is 4.31. The maximum atomic E-state index is 12.3. The summed E-state index contributed by atoms with van der Waals surface area (Å²) in [5.41, 5.74) is 0.266. The largest absolute Gasteiger partial charge is 0.482 e. The van der Waals surface area contributed by atoms with E-state index in [0.29, 0.717) is 17.9 Å². The van der Waals surface area contributed by atoms with Crippen LogP contribution in [-0.4, -0.2) is 9.49 Å². The van der Waals surface area contributed by atoms with E-state index in [9.17, 15) is 14.9 Å². The molecular formula is C21H16N2O5. The van der Waals surface area contributed by atoms with Gasteiger partial charge in [-0.2, -0.15) is 0 Å². The highest BCUT2D eigenvalue weighted by Crippen LogP contribution is 2.17. The van der Waals surface area contributed by atoms with Crippen LogP contribution >= 0.6 is 0 Å². The van der Waals surface area contributed by atoms with Crippen LogP contribution in [0.4, 0.5) is 5.69 Å². The summed E-state index contributed by atoms with van der Waals surface area (Å²) in [6.07, 6.45) is 5.25. The number of non-ortho nitro benzene ring substituents is 1. The lowest BCUT2D eigenvalue weighted by Gasteiger charge is -2.07. The Morgan fingerprint density at radius 3 is 2.46 bits per heavy atom. The monoisotopic (exact) mass is 376 g/mol. The van der Waals surface area contributed by atoms with Crippen molar-refractivity contribution in [3.63, 3.8) is 0 Å². The molecule has 0 aliphatic carbocycles. The van der Waals surface area contributed by atoms with E-state index >= 15 is 0 Å². The van der Waals surface area contributed by atoms with Gasteiger partial charge < -0.3 is 13.7 Å². The highest BCUT2D eigenvalue weighted by Gasteiger charge is 2.09. The second-order valence-corrected chi connectivity index (χ2v) is 6.35. The fourth-order valence-corrected chi connectivity index (χ4v) is 2.96. The summed E-state index contributed by atoms with van der Waals surface area (Å²) in [7, 11) is 0. The zero-order valence-electron chi connectivity index (χ0n) is 14.8. The summed E-state index contributed by atoms with van der Waals surface area (Å²) in [5, 5.41) is 13.0. The Morgan fingerprint density at radius 2 is 1.79 bits per heavy atom. The molecule has 0 atom stereocenters. The van der Waals surface area contributed by atoms with Gasteiger partial charge in [0.05, 0.1) is 11.5 Å². The first-order valence-electron chi connectivity index (χ1n) is 8.61. The van der Waals surface area contributed by atoms with Crippen molar-refractivity contribution in [2.24, 2.45) is 0 Å². The minimum absolute atomic E-state index is 0.0254. The van der Waals surface area contributed by atoms with E-state index in [2.05, 4.69) is 0 Å². The van der Waals surface area contributed by atoms with Gasteiger partial charge in [0.25, 0.3) is 5.69 Å². The second-order valence-electron chi connectivity index (χ2n) is 6.35. The zero-order chi connectivity index (χ0) is 19.5. The molecule has 7 nitrogen and oxygen atoms in total. The van der Waals surface area contributed by atoms with Crippen LogP contribution in [0, 0.1) is 10.1 Å². The second kappa shape index (κ2) is 7.40. The van der Waals surface area contributed by atoms with Crippen molar-refractivity contribution in [2.75, 3.05) is 0 Å². The summed E-state index contributed by atoms with van der Waals surface area (Å²) in [6, 6.07) is 15.5. The van der Waals surface area contributed by atoms with Crippen LogP contribution < -0.4 is 10.2 Å². The summed E-state index contributed by atoms with van der Waals surface area (Å²) in [6.45, 7) is 0.462. The fraction of sp³-hybridized carbons (Fsp3) is 0.0952. The number of nitrogens with zero attached hydrogens (tertiary/aromatic N) is 2. The first-order chi connectivity index (χ1) is 13.6. The quantitative estimate of drug-likeness (QED) is 0.373. The van der Waals surface area contributed by atoms with Gasteiger partial charge in [0, 0.05) is 30.6 Å². The Morgan fingerprint density at radius 1 is 1.04 bits per heavy atom. The van der Waals surface area contributed by atoms with E-state index in [-0.39, 0.29) is 23.5 Å². The van der Waals surface area contributed by atoms with Gasteiger partial charge in [0.2, 0.25) is 11.2 Å². The third-order valence-corrected chi connectivity index (χ3v) is 4.31. The summed E-state index contributed by atoms with van der Waals surface area (Å²) >= 11 is 0. The molecule has 2 aromatic heterocycles. The molecule has 0 fully saturated rings. The Labute approximate surface area is 159 Å². The molecule has 0 saturated carbocycles. The maximum Gasteiger partial charge on any atom is 0.269 e. The van der Waals surface area contributed by atoms with Crippen LogP contribution in [0.1, 0.15) is 11.3 Å². The topological polar surface area (TPSA) is 87.5 Å². The molecular weight excluding hydrogens is 360 g/mol. The van der Waals surface area contributed by atoms with E-state index in [1.54, 1.807) is 12.1 Å². The molecule has 2 aromatic carbocycles. The maximum absolute atomic E-state index is 12.3. The fourth-order valence-electron chi connectivity index (χ4n) is 2.96. The molecule has 0 bridgehead atoms. The number of nitro benzene ring substituents is 1. The summed E-state index contributed by atoms with van der Waals surface area (Å²) in [5.74, 6) is 0.570. The van der Waals surface area contributed by atoms with Gasteiger partial charge in [-0.05, 0) is 16.3 Å². The number of hydrogen-bond acceptors (Lipinski definition) is 5. The van der Waals surface area contributed by atoms with Crippen molar-refractivity contribution in [1.82, 2.24) is 4.57 Å². The van der Waals surface area contributed by atoms with Crippen LogP contribution in [-0.2, 0) is 13.2 Å². The molecule has 0 saturated heterocycles. The van der Waals surface area contributed by atoms with Gasteiger partial charge in [0.15, 0.2) is 0 Å². The lowest BCUT2D eigenvalue weighted by Crippen LogP contribution is -2.09. The predicted octanol–water partition coefficient (Wildman–Crippen LogP) is 4.13. The van der Waals surface area contributed by atoms with Crippen molar-refractivity contribution < 1.29 is 14.1 Å². The lowest BCUT2D eigenvalue weighted by atomic mass is 10.2. The van der Waals surface area contributed by atoms with Gasteiger partial charge in [0.1, 0.15) is 18.6 Å². The highest BCUT2D eigenvalue weighted by atomic mass is 16.6. The van der Waals surface area contributed by atoms with Gasteiger partial charge in [-0.15, -0.1) is 0 Å². The molecule has 4 aromatic rings. The number of rotatable bonds is 6. The number of nitro groups is 1. The lowest BCUT2D eigenvalue weighted by molar-refractivity contribution is -0.384. The molecule has 0 radical (unpaired) electrons. The number of aromatic nitrogens is 1. The Hall–Kier alpha value is -3.87. The molecule has 0 unspecified atom stereocenters. The smallest absolute Gasteiger partial charge is 0.269 e. The van der Waals surface area contributed by atoms with Crippen LogP contribution in [0.25, 0.3) is 10.8 Å². The van der Waals surface area contributed by atoms with Crippen molar-refractivity contribution in [2.45, 2.75) is 13.2 Å². The summed E-state index contributed by atoms with van der Waals surface area (Å²) in [4.78, 5) is 22.6. The minimum atomic E-state index is -0.475.